The molecule has 0 aromatic heterocycles. The first kappa shape index (κ1) is 24.6. The van der Waals surface area contributed by atoms with Gasteiger partial charge >= 0.3 is 111 Å². The van der Waals surface area contributed by atoms with E-state index in [9.17, 15) is 8.42 Å². The van der Waals surface area contributed by atoms with Gasteiger partial charge in [0.05, 0.1) is 6.26 Å². The summed E-state index contributed by atoms with van der Waals surface area (Å²) in [7, 11) is -4.55. The predicted molar refractivity (Wildman–Crippen MR) is 105 cm³/mol. The fourth-order valence-corrected chi connectivity index (χ4v) is 8.87. The Balaban J connectivity index is 0. The molecule has 0 fully saturated rings. The SMILES string of the molecule is CCCC[PH](CCCC)(CCCC)CCCC.CS(=O)(=O)O. The van der Waals surface area contributed by atoms with E-state index in [2.05, 4.69) is 27.7 Å². The van der Waals surface area contributed by atoms with Crippen LogP contribution in [-0.2, 0) is 10.1 Å². The van der Waals surface area contributed by atoms with E-state index in [-0.39, 0.29) is 0 Å². The van der Waals surface area contributed by atoms with Crippen LogP contribution in [0.3, 0.4) is 0 Å². The summed E-state index contributed by atoms with van der Waals surface area (Å²) in [5, 5.41) is 0. The Kier molecular flexibility index (Phi) is 16.7. The molecule has 0 aliphatic rings. The molecule has 5 heteroatoms. The van der Waals surface area contributed by atoms with Crippen molar-refractivity contribution in [1.82, 2.24) is 0 Å². The minimum atomic E-state index is -3.67. The number of rotatable bonds is 12. The van der Waals surface area contributed by atoms with Crippen molar-refractivity contribution in [2.45, 2.75) is 79.1 Å². The molecular weight excluding hydrogens is 315 g/mol. The Morgan fingerprint density at radius 2 is 0.864 bits per heavy atom. The third kappa shape index (κ3) is 18.4. The maximum Gasteiger partial charge on any atom is 0.261 e. The van der Waals surface area contributed by atoms with Gasteiger partial charge in [-0.15, -0.1) is 0 Å². The molecular formula is C17H41O3PS. The van der Waals surface area contributed by atoms with E-state index in [1.165, 1.54) is 51.4 Å². The molecule has 0 rings (SSSR count). The van der Waals surface area contributed by atoms with E-state index < -0.39 is 17.4 Å². The summed E-state index contributed by atoms with van der Waals surface area (Å²) in [5.74, 6) is 0. The van der Waals surface area contributed by atoms with Crippen molar-refractivity contribution in [1.29, 1.82) is 0 Å². The third-order valence-electron chi connectivity index (χ3n) is 4.24. The van der Waals surface area contributed by atoms with Gasteiger partial charge in [-0.1, -0.05) is 0 Å². The van der Waals surface area contributed by atoms with E-state index >= 15 is 0 Å². The van der Waals surface area contributed by atoms with Crippen molar-refractivity contribution < 1.29 is 13.0 Å². The average molecular weight is 357 g/mol. The van der Waals surface area contributed by atoms with E-state index in [4.69, 9.17) is 4.55 Å². The Morgan fingerprint density at radius 3 is 1.00 bits per heavy atom. The minimum Gasteiger partial charge on any atom is -0.286 e. The van der Waals surface area contributed by atoms with Gasteiger partial charge in [0.25, 0.3) is 10.1 Å². The quantitative estimate of drug-likeness (QED) is 0.374. The number of hydrogen-bond donors (Lipinski definition) is 1. The molecule has 138 valence electrons. The normalized spacial score (nSPS) is 12.6. The fourth-order valence-electron chi connectivity index (χ4n) is 2.96. The molecule has 0 bridgehead atoms. The average Bonchev–Trinajstić information content (AvgIpc) is 2.44. The first-order valence-corrected chi connectivity index (χ1v) is 13.8. The molecule has 0 unspecified atom stereocenters. The van der Waals surface area contributed by atoms with Crippen LogP contribution in [0.25, 0.3) is 0 Å². The Labute approximate surface area is 140 Å². The summed E-state index contributed by atoms with van der Waals surface area (Å²) in [4.78, 5) is 0. The van der Waals surface area contributed by atoms with Crippen LogP contribution in [-0.4, -0.2) is 43.9 Å². The summed E-state index contributed by atoms with van der Waals surface area (Å²) in [6.45, 7) is 9.44. The van der Waals surface area contributed by atoms with Gasteiger partial charge in [0.1, 0.15) is 0 Å². The van der Waals surface area contributed by atoms with Crippen molar-refractivity contribution in [2.24, 2.45) is 0 Å². The van der Waals surface area contributed by atoms with Crippen LogP contribution in [0.1, 0.15) is 79.1 Å². The molecule has 0 saturated heterocycles. The Hall–Kier alpha value is 0.340. The first-order chi connectivity index (χ1) is 10.2. The van der Waals surface area contributed by atoms with Crippen LogP contribution in [0.15, 0.2) is 0 Å². The standard InChI is InChI=1S/C16H37P.CH4O3S/c1-5-9-13-17(14-10-6-2,15-11-7-3)16-12-8-4;1-5(2,3)4/h17H,5-16H2,1-4H3;1H3,(H,2,3,4). The van der Waals surface area contributed by atoms with Gasteiger partial charge in [0.15, 0.2) is 0 Å². The summed E-state index contributed by atoms with van der Waals surface area (Å²) in [6, 6.07) is 0. The molecule has 0 heterocycles. The second-order valence-electron chi connectivity index (χ2n) is 6.65. The maximum absolute atomic E-state index is 9.19. The third-order valence-corrected chi connectivity index (χ3v) is 9.90. The second kappa shape index (κ2) is 14.9. The van der Waals surface area contributed by atoms with Gasteiger partial charge in [-0.25, -0.2) is 0 Å². The maximum atomic E-state index is 9.19. The minimum absolute atomic E-state index is 0.715. The van der Waals surface area contributed by atoms with Crippen LogP contribution in [0, 0.1) is 0 Å². The van der Waals surface area contributed by atoms with Gasteiger partial charge < -0.3 is 0 Å². The summed E-state index contributed by atoms with van der Waals surface area (Å²) in [5.41, 5.74) is 0. The van der Waals surface area contributed by atoms with Gasteiger partial charge in [-0.3, -0.25) is 4.55 Å². The van der Waals surface area contributed by atoms with Crippen LogP contribution >= 0.6 is 7.26 Å². The smallest absolute Gasteiger partial charge is 0.261 e. The van der Waals surface area contributed by atoms with Crippen molar-refractivity contribution in [3.8, 4) is 0 Å². The molecule has 0 aromatic rings. The van der Waals surface area contributed by atoms with Crippen molar-refractivity contribution in [2.75, 3.05) is 30.9 Å². The summed E-state index contributed by atoms with van der Waals surface area (Å²) >= 11 is 0. The van der Waals surface area contributed by atoms with Crippen molar-refractivity contribution >= 4 is 17.4 Å². The fraction of sp³-hybridized carbons (Fsp3) is 1.00. The summed E-state index contributed by atoms with van der Waals surface area (Å²) < 4.78 is 25.9. The van der Waals surface area contributed by atoms with Gasteiger partial charge in [-0.05, 0) is 0 Å². The van der Waals surface area contributed by atoms with E-state index in [1.54, 1.807) is 24.6 Å². The van der Waals surface area contributed by atoms with Gasteiger partial charge in [-0.2, -0.15) is 8.42 Å². The molecule has 0 radical (unpaired) electrons. The van der Waals surface area contributed by atoms with Crippen LogP contribution in [0.5, 0.6) is 0 Å². The molecule has 0 spiro atoms. The first-order valence-electron chi connectivity index (χ1n) is 9.17. The molecule has 0 atom stereocenters. The van der Waals surface area contributed by atoms with E-state index in [0.29, 0.717) is 6.26 Å². The molecule has 0 aromatic carbocycles. The van der Waals surface area contributed by atoms with Crippen molar-refractivity contribution in [3.05, 3.63) is 0 Å². The predicted octanol–water partition coefficient (Wildman–Crippen LogP) is 5.44. The van der Waals surface area contributed by atoms with E-state index in [1.807, 2.05) is 0 Å². The summed E-state index contributed by atoms with van der Waals surface area (Å²) in [6.07, 6.45) is 18.9. The van der Waals surface area contributed by atoms with Crippen LogP contribution in [0.4, 0.5) is 0 Å². The van der Waals surface area contributed by atoms with Crippen LogP contribution < -0.4 is 0 Å². The Bertz CT molecular complexity index is 283. The zero-order valence-electron chi connectivity index (χ0n) is 15.7. The largest absolute Gasteiger partial charge is 0.286 e. The van der Waals surface area contributed by atoms with Gasteiger partial charge in [0.2, 0.25) is 0 Å². The number of hydrogen-bond acceptors (Lipinski definition) is 2. The molecule has 0 amide bonds. The molecule has 0 saturated carbocycles. The van der Waals surface area contributed by atoms with Crippen molar-refractivity contribution in [3.63, 3.8) is 0 Å². The molecule has 22 heavy (non-hydrogen) atoms. The molecule has 1 N–H and O–H groups in total. The molecule has 0 aliphatic heterocycles. The zero-order chi connectivity index (χ0) is 17.5. The Morgan fingerprint density at radius 1 is 0.682 bits per heavy atom. The topological polar surface area (TPSA) is 54.4 Å². The molecule has 0 aliphatic carbocycles. The monoisotopic (exact) mass is 356 g/mol. The number of unbranched alkanes of at least 4 members (excludes halogenated alkanes) is 4. The van der Waals surface area contributed by atoms with Crippen LogP contribution in [0.2, 0.25) is 0 Å². The zero-order valence-corrected chi connectivity index (χ0v) is 17.5. The second-order valence-corrected chi connectivity index (χ2v) is 13.1. The molecule has 3 nitrogen and oxygen atoms in total. The van der Waals surface area contributed by atoms with Gasteiger partial charge in [0, 0.05) is 0 Å². The van der Waals surface area contributed by atoms with E-state index in [0.717, 1.165) is 0 Å².